The fourth-order valence-electron chi connectivity index (χ4n) is 2.18. The Bertz CT molecular complexity index is 644. The van der Waals surface area contributed by atoms with Crippen LogP contribution in [0.2, 0.25) is 0 Å². The summed E-state index contributed by atoms with van der Waals surface area (Å²) < 4.78 is 0. The number of para-hydroxylation sites is 1. The highest BCUT2D eigenvalue weighted by molar-refractivity contribution is 8.00. The SMILES string of the molecule is CNC(C)(CC(C)Sc1ncnc2ccccc12)C(=O)O. The lowest BCUT2D eigenvalue weighted by atomic mass is 9.96. The first-order valence-electron chi connectivity index (χ1n) is 6.75. The van der Waals surface area contributed by atoms with E-state index in [0.717, 1.165) is 15.9 Å². The predicted molar refractivity (Wildman–Crippen MR) is 84.6 cm³/mol. The standard InChI is InChI=1S/C15H19N3O2S/c1-10(8-15(2,16-3)14(19)20)21-13-11-6-4-5-7-12(11)17-9-18-13/h4-7,9-10,16H,8H2,1-3H3,(H,19,20). The summed E-state index contributed by atoms with van der Waals surface area (Å²) in [5.41, 5.74) is -0.0354. The van der Waals surface area contributed by atoms with Crippen molar-refractivity contribution in [1.82, 2.24) is 15.3 Å². The van der Waals surface area contributed by atoms with Gasteiger partial charge in [-0.25, -0.2) is 9.97 Å². The number of aliphatic carboxylic acids is 1. The van der Waals surface area contributed by atoms with Crippen LogP contribution in [0.25, 0.3) is 10.9 Å². The summed E-state index contributed by atoms with van der Waals surface area (Å²) in [6.45, 7) is 3.71. The lowest BCUT2D eigenvalue weighted by Gasteiger charge is -2.27. The molecule has 21 heavy (non-hydrogen) atoms. The molecule has 0 aliphatic rings. The van der Waals surface area contributed by atoms with Crippen LogP contribution in [0.4, 0.5) is 0 Å². The van der Waals surface area contributed by atoms with E-state index in [1.807, 2.05) is 31.2 Å². The van der Waals surface area contributed by atoms with Gasteiger partial charge in [0.1, 0.15) is 16.9 Å². The van der Waals surface area contributed by atoms with Gasteiger partial charge < -0.3 is 10.4 Å². The zero-order valence-electron chi connectivity index (χ0n) is 12.3. The first-order chi connectivity index (χ1) is 9.96. The molecule has 5 nitrogen and oxygen atoms in total. The van der Waals surface area contributed by atoms with E-state index < -0.39 is 11.5 Å². The Morgan fingerprint density at radius 1 is 1.43 bits per heavy atom. The number of carboxylic acids is 1. The molecule has 0 fully saturated rings. The summed E-state index contributed by atoms with van der Waals surface area (Å²) in [6.07, 6.45) is 2.05. The lowest BCUT2D eigenvalue weighted by molar-refractivity contribution is -0.144. The van der Waals surface area contributed by atoms with Gasteiger partial charge in [0, 0.05) is 10.6 Å². The van der Waals surface area contributed by atoms with Crippen LogP contribution >= 0.6 is 11.8 Å². The fourth-order valence-corrected chi connectivity index (χ4v) is 3.38. The van der Waals surface area contributed by atoms with Crippen LogP contribution in [0, 0.1) is 0 Å². The van der Waals surface area contributed by atoms with E-state index >= 15 is 0 Å². The second-order valence-electron chi connectivity index (χ2n) is 5.22. The minimum absolute atomic E-state index is 0.108. The lowest BCUT2D eigenvalue weighted by Crippen LogP contribution is -2.49. The number of carbonyl (C=O) groups is 1. The van der Waals surface area contributed by atoms with E-state index in [-0.39, 0.29) is 5.25 Å². The molecule has 2 rings (SSSR count). The summed E-state index contributed by atoms with van der Waals surface area (Å²) in [6, 6.07) is 7.82. The molecule has 2 aromatic rings. The van der Waals surface area contributed by atoms with Crippen molar-refractivity contribution in [2.75, 3.05) is 7.05 Å². The highest BCUT2D eigenvalue weighted by Crippen LogP contribution is 2.31. The van der Waals surface area contributed by atoms with Crippen molar-refractivity contribution in [3.8, 4) is 0 Å². The van der Waals surface area contributed by atoms with Gasteiger partial charge >= 0.3 is 5.97 Å². The first kappa shape index (κ1) is 15.7. The third-order valence-electron chi connectivity index (χ3n) is 3.54. The van der Waals surface area contributed by atoms with Crippen LogP contribution in [0.5, 0.6) is 0 Å². The van der Waals surface area contributed by atoms with Gasteiger partial charge in [-0.1, -0.05) is 25.1 Å². The van der Waals surface area contributed by atoms with Crippen LogP contribution in [-0.2, 0) is 4.79 Å². The number of nitrogens with zero attached hydrogens (tertiary/aromatic N) is 2. The largest absolute Gasteiger partial charge is 0.480 e. The van der Waals surface area contributed by atoms with Gasteiger partial charge in [-0.05, 0) is 26.5 Å². The molecule has 1 aromatic carbocycles. The van der Waals surface area contributed by atoms with Gasteiger partial charge in [0.15, 0.2) is 0 Å². The van der Waals surface area contributed by atoms with Crippen LogP contribution in [0.15, 0.2) is 35.6 Å². The molecule has 0 aliphatic carbocycles. The first-order valence-corrected chi connectivity index (χ1v) is 7.63. The summed E-state index contributed by atoms with van der Waals surface area (Å²) in [7, 11) is 1.67. The highest BCUT2D eigenvalue weighted by Gasteiger charge is 2.33. The van der Waals surface area contributed by atoms with E-state index in [9.17, 15) is 9.90 Å². The predicted octanol–water partition coefficient (Wildman–Crippen LogP) is 2.56. The van der Waals surface area contributed by atoms with E-state index in [2.05, 4.69) is 15.3 Å². The van der Waals surface area contributed by atoms with E-state index in [1.165, 1.54) is 0 Å². The second-order valence-corrected chi connectivity index (χ2v) is 6.64. The zero-order chi connectivity index (χ0) is 15.5. The molecule has 2 N–H and O–H groups in total. The molecule has 0 amide bonds. The molecule has 2 unspecified atom stereocenters. The van der Waals surface area contributed by atoms with Crippen LogP contribution in [-0.4, -0.2) is 38.9 Å². The molecule has 0 bridgehead atoms. The van der Waals surface area contributed by atoms with Gasteiger partial charge in [-0.2, -0.15) is 0 Å². The Morgan fingerprint density at radius 2 is 2.14 bits per heavy atom. The van der Waals surface area contributed by atoms with Crippen molar-refractivity contribution >= 4 is 28.6 Å². The molecule has 6 heteroatoms. The number of carboxylic acid groups (broad SMARTS) is 1. The van der Waals surface area contributed by atoms with Gasteiger partial charge in [0.25, 0.3) is 0 Å². The number of likely N-dealkylation sites (N-methyl/N-ethyl adjacent to an activating group) is 1. The molecule has 0 aliphatic heterocycles. The van der Waals surface area contributed by atoms with Crippen LogP contribution in [0.3, 0.4) is 0 Å². The molecule has 1 heterocycles. The smallest absolute Gasteiger partial charge is 0.323 e. The normalized spacial score (nSPS) is 15.6. The number of aromatic nitrogens is 2. The molecular weight excluding hydrogens is 286 g/mol. The monoisotopic (exact) mass is 305 g/mol. The zero-order valence-corrected chi connectivity index (χ0v) is 13.1. The van der Waals surface area contributed by atoms with Gasteiger partial charge in [0.2, 0.25) is 0 Å². The number of hydrogen-bond acceptors (Lipinski definition) is 5. The summed E-state index contributed by atoms with van der Waals surface area (Å²) in [5, 5.41) is 14.2. The van der Waals surface area contributed by atoms with E-state index in [4.69, 9.17) is 0 Å². The molecule has 0 saturated carbocycles. The Labute approximate surface area is 128 Å². The highest BCUT2D eigenvalue weighted by atomic mass is 32.2. The maximum Gasteiger partial charge on any atom is 0.323 e. The summed E-state index contributed by atoms with van der Waals surface area (Å²) in [4.78, 5) is 19.9. The second kappa shape index (κ2) is 6.41. The molecule has 112 valence electrons. The van der Waals surface area contributed by atoms with Crippen molar-refractivity contribution < 1.29 is 9.90 Å². The molecule has 0 radical (unpaired) electrons. The molecule has 2 atom stereocenters. The van der Waals surface area contributed by atoms with Crippen molar-refractivity contribution in [2.24, 2.45) is 0 Å². The number of hydrogen-bond donors (Lipinski definition) is 2. The average Bonchev–Trinajstić information content (AvgIpc) is 2.47. The number of rotatable bonds is 6. The van der Waals surface area contributed by atoms with Crippen molar-refractivity contribution in [1.29, 1.82) is 0 Å². The fraction of sp³-hybridized carbons (Fsp3) is 0.400. The molecular formula is C15H19N3O2S. The van der Waals surface area contributed by atoms with E-state index in [0.29, 0.717) is 6.42 Å². The number of benzene rings is 1. The van der Waals surface area contributed by atoms with Crippen LogP contribution in [0.1, 0.15) is 20.3 Å². The Hall–Kier alpha value is -1.66. The quantitative estimate of drug-likeness (QED) is 0.631. The Balaban J connectivity index is 2.19. The van der Waals surface area contributed by atoms with Gasteiger partial charge in [-0.15, -0.1) is 11.8 Å². The van der Waals surface area contributed by atoms with Gasteiger partial charge in [-0.3, -0.25) is 4.79 Å². The Morgan fingerprint density at radius 3 is 2.81 bits per heavy atom. The number of fused-ring (bicyclic) bond motifs is 1. The minimum Gasteiger partial charge on any atom is -0.480 e. The Kier molecular flexibility index (Phi) is 4.80. The molecule has 0 saturated heterocycles. The number of nitrogens with one attached hydrogen (secondary N) is 1. The van der Waals surface area contributed by atoms with E-state index in [1.54, 1.807) is 32.1 Å². The van der Waals surface area contributed by atoms with Crippen LogP contribution < -0.4 is 5.32 Å². The molecule has 0 spiro atoms. The maximum atomic E-state index is 11.4. The molecule has 1 aromatic heterocycles. The van der Waals surface area contributed by atoms with Crippen molar-refractivity contribution in [3.05, 3.63) is 30.6 Å². The van der Waals surface area contributed by atoms with Crippen molar-refractivity contribution in [2.45, 2.75) is 36.1 Å². The van der Waals surface area contributed by atoms with Crippen molar-refractivity contribution in [3.63, 3.8) is 0 Å². The minimum atomic E-state index is -0.935. The average molecular weight is 305 g/mol. The summed E-state index contributed by atoms with van der Waals surface area (Å²) in [5.74, 6) is -0.843. The van der Waals surface area contributed by atoms with Gasteiger partial charge in [0.05, 0.1) is 5.52 Å². The summed E-state index contributed by atoms with van der Waals surface area (Å²) >= 11 is 1.58. The third-order valence-corrected chi connectivity index (χ3v) is 4.66. The third kappa shape index (κ3) is 3.51. The number of thioether (sulfide) groups is 1. The topological polar surface area (TPSA) is 75.1 Å². The maximum absolute atomic E-state index is 11.4.